The quantitative estimate of drug-likeness (QED) is 0.944. The summed E-state index contributed by atoms with van der Waals surface area (Å²) in [4.78, 5) is 14.7. The van der Waals surface area contributed by atoms with Crippen LogP contribution < -0.4 is 5.32 Å². The molecule has 1 aliphatic rings. The second-order valence-corrected chi connectivity index (χ2v) is 5.82. The summed E-state index contributed by atoms with van der Waals surface area (Å²) in [6, 6.07) is 14.1. The second-order valence-electron chi connectivity index (χ2n) is 5.82. The Kier molecular flexibility index (Phi) is 4.72. The zero-order chi connectivity index (χ0) is 16.2. The summed E-state index contributed by atoms with van der Waals surface area (Å²) in [7, 11) is 0. The first-order valence-electron chi connectivity index (χ1n) is 8.05. The fraction of sp³-hybridized carbons (Fsp3) is 0.316. The van der Waals surface area contributed by atoms with Crippen molar-refractivity contribution in [1.29, 1.82) is 0 Å². The first-order valence-corrected chi connectivity index (χ1v) is 8.05. The maximum atomic E-state index is 13.5. The largest absolute Gasteiger partial charge is 0.329 e. The molecule has 0 bridgehead atoms. The van der Waals surface area contributed by atoms with E-state index in [4.69, 9.17) is 0 Å². The Balaban J connectivity index is 1.86. The van der Waals surface area contributed by atoms with Crippen LogP contribution in [0.15, 0.2) is 48.5 Å². The van der Waals surface area contributed by atoms with Crippen molar-refractivity contribution in [2.24, 2.45) is 0 Å². The van der Waals surface area contributed by atoms with Crippen LogP contribution in [0, 0.1) is 5.82 Å². The first kappa shape index (κ1) is 15.7. The van der Waals surface area contributed by atoms with Crippen molar-refractivity contribution in [3.63, 3.8) is 0 Å². The van der Waals surface area contributed by atoms with Crippen LogP contribution in [0.2, 0.25) is 0 Å². The van der Waals surface area contributed by atoms with E-state index in [9.17, 15) is 9.18 Å². The minimum atomic E-state index is -0.271. The molecule has 1 heterocycles. The molecule has 1 saturated heterocycles. The van der Waals surface area contributed by atoms with Gasteiger partial charge in [-0.15, -0.1) is 0 Å². The van der Waals surface area contributed by atoms with Gasteiger partial charge in [-0.3, -0.25) is 4.79 Å². The molecule has 0 aliphatic carbocycles. The number of aryl methyl sites for hydroxylation is 1. The molecule has 4 heteroatoms. The topological polar surface area (TPSA) is 32.3 Å². The lowest BCUT2D eigenvalue weighted by Gasteiger charge is -2.36. The Hall–Kier alpha value is -2.20. The molecule has 0 radical (unpaired) electrons. The highest BCUT2D eigenvalue weighted by atomic mass is 19.1. The summed E-state index contributed by atoms with van der Waals surface area (Å²) in [6.07, 6.45) is 0.952. The van der Waals surface area contributed by atoms with Crippen LogP contribution >= 0.6 is 0 Å². The Morgan fingerprint density at radius 3 is 2.74 bits per heavy atom. The third-order valence-corrected chi connectivity index (χ3v) is 4.35. The number of benzene rings is 2. The van der Waals surface area contributed by atoms with Crippen LogP contribution in [-0.4, -0.2) is 30.4 Å². The van der Waals surface area contributed by atoms with Crippen LogP contribution in [-0.2, 0) is 6.42 Å². The number of carbonyl (C=O) groups is 1. The standard InChI is InChI=1S/C19H21FN2O/c1-2-14-6-8-15(9-7-14)19(23)22-11-10-21-13-18(22)16-4-3-5-17(20)12-16/h3-9,12,18,21H,2,10-11,13H2,1H3. The smallest absolute Gasteiger partial charge is 0.254 e. The predicted molar refractivity (Wildman–Crippen MR) is 88.9 cm³/mol. The van der Waals surface area contributed by atoms with Gasteiger partial charge in [-0.1, -0.05) is 31.2 Å². The van der Waals surface area contributed by atoms with Gasteiger partial charge in [0, 0.05) is 25.2 Å². The van der Waals surface area contributed by atoms with Crippen molar-refractivity contribution in [2.45, 2.75) is 19.4 Å². The minimum absolute atomic E-state index is 0.00316. The molecule has 3 rings (SSSR count). The van der Waals surface area contributed by atoms with E-state index in [1.165, 1.54) is 17.7 Å². The highest BCUT2D eigenvalue weighted by Crippen LogP contribution is 2.25. The van der Waals surface area contributed by atoms with E-state index in [1.54, 1.807) is 6.07 Å². The normalized spacial score (nSPS) is 18.0. The Morgan fingerprint density at radius 2 is 2.04 bits per heavy atom. The third kappa shape index (κ3) is 3.42. The molecule has 1 N–H and O–H groups in total. The van der Waals surface area contributed by atoms with Crippen molar-refractivity contribution in [2.75, 3.05) is 19.6 Å². The number of rotatable bonds is 3. The Bertz CT molecular complexity index is 684. The van der Waals surface area contributed by atoms with Crippen molar-refractivity contribution < 1.29 is 9.18 Å². The number of halogens is 1. The predicted octanol–water partition coefficient (Wildman–Crippen LogP) is 3.17. The van der Waals surface area contributed by atoms with Gasteiger partial charge in [0.25, 0.3) is 5.91 Å². The van der Waals surface area contributed by atoms with Gasteiger partial charge in [0.1, 0.15) is 5.82 Å². The SMILES string of the molecule is CCc1ccc(C(=O)N2CCNCC2c2cccc(F)c2)cc1. The number of nitrogens with zero attached hydrogens (tertiary/aromatic N) is 1. The molecule has 0 aromatic heterocycles. The third-order valence-electron chi connectivity index (χ3n) is 4.35. The molecular weight excluding hydrogens is 291 g/mol. The molecule has 1 unspecified atom stereocenters. The van der Waals surface area contributed by atoms with Crippen LogP contribution in [0.1, 0.15) is 34.5 Å². The zero-order valence-corrected chi connectivity index (χ0v) is 13.3. The monoisotopic (exact) mass is 312 g/mol. The van der Waals surface area contributed by atoms with Crippen LogP contribution in [0.25, 0.3) is 0 Å². The Labute approximate surface area is 136 Å². The molecule has 0 spiro atoms. The van der Waals surface area contributed by atoms with E-state index in [0.29, 0.717) is 18.7 Å². The van der Waals surface area contributed by atoms with Crippen LogP contribution in [0.5, 0.6) is 0 Å². The fourth-order valence-electron chi connectivity index (χ4n) is 3.01. The maximum Gasteiger partial charge on any atom is 0.254 e. The fourth-order valence-corrected chi connectivity index (χ4v) is 3.01. The summed E-state index contributed by atoms with van der Waals surface area (Å²) in [5.74, 6) is -0.267. The lowest BCUT2D eigenvalue weighted by Crippen LogP contribution is -2.48. The van der Waals surface area contributed by atoms with Crippen LogP contribution in [0.4, 0.5) is 4.39 Å². The van der Waals surface area contributed by atoms with E-state index in [2.05, 4.69) is 12.2 Å². The second kappa shape index (κ2) is 6.92. The number of carbonyl (C=O) groups excluding carboxylic acids is 1. The van der Waals surface area contributed by atoms with Gasteiger partial charge >= 0.3 is 0 Å². The number of hydrogen-bond acceptors (Lipinski definition) is 2. The Morgan fingerprint density at radius 1 is 1.26 bits per heavy atom. The number of hydrogen-bond donors (Lipinski definition) is 1. The summed E-state index contributed by atoms with van der Waals surface area (Å²) in [5.41, 5.74) is 2.73. The van der Waals surface area contributed by atoms with E-state index >= 15 is 0 Å². The lowest BCUT2D eigenvalue weighted by molar-refractivity contribution is 0.0634. The summed E-state index contributed by atoms with van der Waals surface area (Å²) < 4.78 is 13.5. The number of piperazine rings is 1. The van der Waals surface area contributed by atoms with Gasteiger partial charge in [-0.2, -0.15) is 0 Å². The van der Waals surface area contributed by atoms with Crippen molar-refractivity contribution in [3.8, 4) is 0 Å². The van der Waals surface area contributed by atoms with Gasteiger partial charge in [0.2, 0.25) is 0 Å². The van der Waals surface area contributed by atoms with Crippen molar-refractivity contribution in [3.05, 3.63) is 71.0 Å². The zero-order valence-electron chi connectivity index (χ0n) is 13.3. The van der Waals surface area contributed by atoms with Gasteiger partial charge in [-0.25, -0.2) is 4.39 Å². The van der Waals surface area contributed by atoms with Crippen LogP contribution in [0.3, 0.4) is 0 Å². The van der Waals surface area contributed by atoms with Crippen molar-refractivity contribution >= 4 is 5.91 Å². The van der Waals surface area contributed by atoms with Gasteiger partial charge in [0.05, 0.1) is 6.04 Å². The summed E-state index contributed by atoms with van der Waals surface area (Å²) in [6.45, 7) is 4.11. The molecule has 1 atom stereocenters. The molecule has 1 amide bonds. The van der Waals surface area contributed by atoms with E-state index in [1.807, 2.05) is 35.2 Å². The number of nitrogens with one attached hydrogen (secondary N) is 1. The molecule has 2 aromatic carbocycles. The molecule has 120 valence electrons. The van der Waals surface area contributed by atoms with Gasteiger partial charge in [-0.05, 0) is 41.8 Å². The van der Waals surface area contributed by atoms with Crippen molar-refractivity contribution in [1.82, 2.24) is 10.2 Å². The van der Waals surface area contributed by atoms with Gasteiger partial charge < -0.3 is 10.2 Å². The molecule has 23 heavy (non-hydrogen) atoms. The van der Waals surface area contributed by atoms with E-state index < -0.39 is 0 Å². The average Bonchev–Trinajstić information content (AvgIpc) is 2.61. The first-order chi connectivity index (χ1) is 11.2. The number of amides is 1. The molecule has 1 aliphatic heterocycles. The molecule has 3 nitrogen and oxygen atoms in total. The summed E-state index contributed by atoms with van der Waals surface area (Å²) in [5, 5.41) is 3.29. The molecule has 0 saturated carbocycles. The van der Waals surface area contributed by atoms with E-state index in [-0.39, 0.29) is 17.8 Å². The average molecular weight is 312 g/mol. The lowest BCUT2D eigenvalue weighted by atomic mass is 10.0. The molecular formula is C19H21FN2O. The van der Waals surface area contributed by atoms with Gasteiger partial charge in [0.15, 0.2) is 0 Å². The maximum absolute atomic E-state index is 13.5. The molecule has 1 fully saturated rings. The highest BCUT2D eigenvalue weighted by molar-refractivity contribution is 5.94. The summed E-state index contributed by atoms with van der Waals surface area (Å²) >= 11 is 0. The molecule has 2 aromatic rings. The van der Waals surface area contributed by atoms with E-state index in [0.717, 1.165) is 18.5 Å². The highest BCUT2D eigenvalue weighted by Gasteiger charge is 2.28. The minimum Gasteiger partial charge on any atom is -0.329 e.